The Labute approximate surface area is 101 Å². The van der Waals surface area contributed by atoms with Crippen LogP contribution in [0.15, 0.2) is 0 Å². The monoisotopic (exact) mass is 224 g/mol. The van der Waals surface area contributed by atoms with Gasteiger partial charge in [-0.05, 0) is 63.7 Å². The van der Waals surface area contributed by atoms with Crippen LogP contribution in [0.1, 0.15) is 45.4 Å². The fraction of sp³-hybridized carbons (Fsp3) is 1.00. The molecule has 1 saturated heterocycles. The van der Waals surface area contributed by atoms with Crippen molar-refractivity contribution in [1.29, 1.82) is 0 Å². The molecule has 0 spiro atoms. The summed E-state index contributed by atoms with van der Waals surface area (Å²) in [6, 6.07) is 0. The maximum Gasteiger partial charge on any atom is 0.00191 e. The quantitative estimate of drug-likeness (QED) is 0.746. The number of piperidine rings is 1. The highest BCUT2D eigenvalue weighted by molar-refractivity contribution is 4.73. The van der Waals surface area contributed by atoms with Gasteiger partial charge in [0.05, 0.1) is 0 Å². The summed E-state index contributed by atoms with van der Waals surface area (Å²) in [6.07, 6.45) is 8.69. The van der Waals surface area contributed by atoms with E-state index in [4.69, 9.17) is 0 Å². The molecule has 2 fully saturated rings. The Hall–Kier alpha value is -0.0800. The zero-order chi connectivity index (χ0) is 11.2. The highest BCUT2D eigenvalue weighted by atomic mass is 15.1. The Balaban J connectivity index is 1.50. The Morgan fingerprint density at radius 3 is 2.50 bits per heavy atom. The first-order chi connectivity index (χ1) is 7.84. The summed E-state index contributed by atoms with van der Waals surface area (Å²) in [6.45, 7) is 8.86. The Morgan fingerprint density at radius 1 is 1.12 bits per heavy atom. The Kier molecular flexibility index (Phi) is 5.11. The lowest BCUT2D eigenvalue weighted by Crippen LogP contribution is -2.38. The Morgan fingerprint density at radius 2 is 1.88 bits per heavy atom. The molecule has 0 aromatic heterocycles. The minimum Gasteiger partial charge on any atom is -0.316 e. The summed E-state index contributed by atoms with van der Waals surface area (Å²) < 4.78 is 0. The van der Waals surface area contributed by atoms with E-state index in [1.165, 1.54) is 71.2 Å². The van der Waals surface area contributed by atoms with Crippen LogP contribution in [0.2, 0.25) is 0 Å². The summed E-state index contributed by atoms with van der Waals surface area (Å²) >= 11 is 0. The second-order valence-corrected chi connectivity index (χ2v) is 5.92. The van der Waals surface area contributed by atoms with E-state index in [1.807, 2.05) is 0 Å². The molecule has 16 heavy (non-hydrogen) atoms. The second-order valence-electron chi connectivity index (χ2n) is 5.92. The largest absolute Gasteiger partial charge is 0.316 e. The predicted octanol–water partition coefficient (Wildman–Crippen LogP) is 2.50. The molecule has 1 heterocycles. The topological polar surface area (TPSA) is 15.3 Å². The normalized spacial score (nSPS) is 25.3. The van der Waals surface area contributed by atoms with Gasteiger partial charge in [0, 0.05) is 6.54 Å². The lowest BCUT2D eigenvalue weighted by Gasteiger charge is -2.30. The van der Waals surface area contributed by atoms with Gasteiger partial charge < -0.3 is 10.2 Å². The smallest absolute Gasteiger partial charge is 0.00191 e. The number of hydrogen-bond donors (Lipinski definition) is 1. The highest BCUT2D eigenvalue weighted by Crippen LogP contribution is 2.25. The van der Waals surface area contributed by atoms with Gasteiger partial charge in [0.1, 0.15) is 0 Å². The number of rotatable bonds is 6. The predicted molar refractivity (Wildman–Crippen MR) is 69.7 cm³/mol. The summed E-state index contributed by atoms with van der Waals surface area (Å²) in [5, 5.41) is 3.65. The molecule has 1 aliphatic heterocycles. The molecule has 0 radical (unpaired) electrons. The summed E-state index contributed by atoms with van der Waals surface area (Å²) in [5.74, 6) is 1.82. The molecular weight excluding hydrogens is 196 g/mol. The molecule has 0 bridgehead atoms. The van der Waals surface area contributed by atoms with Crippen molar-refractivity contribution in [3.63, 3.8) is 0 Å². The van der Waals surface area contributed by atoms with Crippen LogP contribution in [0.25, 0.3) is 0 Å². The summed E-state index contributed by atoms with van der Waals surface area (Å²) in [7, 11) is 0. The van der Waals surface area contributed by atoms with E-state index >= 15 is 0 Å². The van der Waals surface area contributed by atoms with Crippen molar-refractivity contribution < 1.29 is 0 Å². The summed E-state index contributed by atoms with van der Waals surface area (Å²) in [5.41, 5.74) is 0. The van der Waals surface area contributed by atoms with Gasteiger partial charge in [-0.15, -0.1) is 0 Å². The first-order valence-corrected chi connectivity index (χ1v) is 7.27. The van der Waals surface area contributed by atoms with Gasteiger partial charge in [-0.25, -0.2) is 0 Å². The molecular formula is C14H28N2. The molecule has 2 nitrogen and oxygen atoms in total. The van der Waals surface area contributed by atoms with E-state index in [9.17, 15) is 0 Å². The number of nitrogens with one attached hydrogen (secondary N) is 1. The molecule has 0 amide bonds. The van der Waals surface area contributed by atoms with Crippen LogP contribution in [-0.2, 0) is 0 Å². The van der Waals surface area contributed by atoms with Gasteiger partial charge in [-0.1, -0.05) is 19.8 Å². The number of hydrogen-bond acceptors (Lipinski definition) is 2. The molecule has 1 unspecified atom stereocenters. The molecule has 94 valence electrons. The van der Waals surface area contributed by atoms with Gasteiger partial charge in [0.15, 0.2) is 0 Å². The van der Waals surface area contributed by atoms with Crippen LogP contribution in [0.4, 0.5) is 0 Å². The lowest BCUT2D eigenvalue weighted by atomic mass is 9.85. The number of likely N-dealkylation sites (tertiary alicyclic amines) is 1. The average Bonchev–Trinajstić information content (AvgIpc) is 2.23. The van der Waals surface area contributed by atoms with Gasteiger partial charge in [-0.2, -0.15) is 0 Å². The first-order valence-electron chi connectivity index (χ1n) is 7.27. The zero-order valence-electron chi connectivity index (χ0n) is 10.9. The standard InChI is InChI=1S/C14H28N2/c1-13(10-15-11-14-6-5-7-14)12-16-8-3-2-4-9-16/h13-15H,2-12H2,1H3. The molecule has 1 aliphatic carbocycles. The van der Waals surface area contributed by atoms with Gasteiger partial charge in [0.25, 0.3) is 0 Å². The van der Waals surface area contributed by atoms with Crippen molar-refractivity contribution in [3.05, 3.63) is 0 Å². The van der Waals surface area contributed by atoms with E-state index < -0.39 is 0 Å². The van der Waals surface area contributed by atoms with Gasteiger partial charge in [-0.3, -0.25) is 0 Å². The molecule has 1 N–H and O–H groups in total. The fourth-order valence-corrected chi connectivity index (χ4v) is 2.88. The fourth-order valence-electron chi connectivity index (χ4n) is 2.88. The van der Waals surface area contributed by atoms with E-state index in [1.54, 1.807) is 0 Å². The molecule has 2 aliphatic rings. The second kappa shape index (κ2) is 6.61. The van der Waals surface area contributed by atoms with Gasteiger partial charge in [0.2, 0.25) is 0 Å². The minimum absolute atomic E-state index is 0.818. The van der Waals surface area contributed by atoms with Crippen LogP contribution in [0.5, 0.6) is 0 Å². The molecule has 2 heteroatoms. The van der Waals surface area contributed by atoms with Crippen LogP contribution in [0.3, 0.4) is 0 Å². The molecule has 1 saturated carbocycles. The van der Waals surface area contributed by atoms with E-state index in [-0.39, 0.29) is 0 Å². The third-order valence-corrected chi connectivity index (χ3v) is 4.17. The van der Waals surface area contributed by atoms with Crippen molar-refractivity contribution in [2.75, 3.05) is 32.7 Å². The minimum atomic E-state index is 0.818. The maximum atomic E-state index is 3.65. The molecule has 0 aromatic rings. The van der Waals surface area contributed by atoms with E-state index in [2.05, 4.69) is 17.1 Å². The first kappa shape index (κ1) is 12.4. The molecule has 2 rings (SSSR count). The van der Waals surface area contributed by atoms with E-state index in [0.29, 0.717) is 0 Å². The van der Waals surface area contributed by atoms with Crippen LogP contribution >= 0.6 is 0 Å². The van der Waals surface area contributed by atoms with Gasteiger partial charge >= 0.3 is 0 Å². The maximum absolute atomic E-state index is 3.65. The number of nitrogens with zero attached hydrogens (tertiary/aromatic N) is 1. The van der Waals surface area contributed by atoms with Crippen molar-refractivity contribution in [3.8, 4) is 0 Å². The van der Waals surface area contributed by atoms with Crippen LogP contribution < -0.4 is 5.32 Å². The van der Waals surface area contributed by atoms with Crippen molar-refractivity contribution in [2.45, 2.75) is 45.4 Å². The highest BCUT2D eigenvalue weighted by Gasteiger charge is 2.17. The lowest BCUT2D eigenvalue weighted by molar-refractivity contribution is 0.196. The summed E-state index contributed by atoms with van der Waals surface area (Å²) in [4.78, 5) is 2.65. The van der Waals surface area contributed by atoms with E-state index in [0.717, 1.165) is 11.8 Å². The van der Waals surface area contributed by atoms with Crippen LogP contribution in [-0.4, -0.2) is 37.6 Å². The van der Waals surface area contributed by atoms with Crippen molar-refractivity contribution in [2.24, 2.45) is 11.8 Å². The third-order valence-electron chi connectivity index (χ3n) is 4.17. The van der Waals surface area contributed by atoms with Crippen molar-refractivity contribution in [1.82, 2.24) is 10.2 Å². The molecule has 1 atom stereocenters. The zero-order valence-corrected chi connectivity index (χ0v) is 10.9. The third kappa shape index (κ3) is 4.06. The SMILES string of the molecule is CC(CNCC1CCC1)CN1CCCCC1. The average molecular weight is 224 g/mol. The molecule has 0 aromatic carbocycles. The van der Waals surface area contributed by atoms with Crippen LogP contribution in [0, 0.1) is 11.8 Å². The Bertz CT molecular complexity index is 183. The van der Waals surface area contributed by atoms with Crippen molar-refractivity contribution >= 4 is 0 Å².